The van der Waals surface area contributed by atoms with E-state index in [1.54, 1.807) is 14.1 Å². The van der Waals surface area contributed by atoms with Gasteiger partial charge in [0.1, 0.15) is 22.8 Å². The van der Waals surface area contributed by atoms with Crippen molar-refractivity contribution in [2.75, 3.05) is 19.4 Å². The van der Waals surface area contributed by atoms with Crippen molar-refractivity contribution in [3.8, 4) is 11.5 Å². The molecule has 0 bridgehead atoms. The number of carbonyl (C=O) groups is 1. The monoisotopic (exact) mass is 338 g/mol. The molecule has 0 spiro atoms. The summed E-state index contributed by atoms with van der Waals surface area (Å²) in [5.41, 5.74) is 1.58. The van der Waals surface area contributed by atoms with Gasteiger partial charge in [-0.1, -0.05) is 13.8 Å². The lowest BCUT2D eigenvalue weighted by Crippen LogP contribution is -2.27. The van der Waals surface area contributed by atoms with E-state index >= 15 is 0 Å². The van der Waals surface area contributed by atoms with Crippen LogP contribution in [0, 0.1) is 0 Å². The number of nitrogens with zero attached hydrogens (tertiary/aromatic N) is 1. The molecule has 0 saturated heterocycles. The van der Waals surface area contributed by atoms with Gasteiger partial charge in [-0.15, -0.1) is 0 Å². The first-order valence-corrected chi connectivity index (χ1v) is 8.22. The number of benzene rings is 2. The van der Waals surface area contributed by atoms with Crippen molar-refractivity contribution in [1.82, 2.24) is 4.90 Å². The van der Waals surface area contributed by atoms with E-state index in [4.69, 9.17) is 9.15 Å². The van der Waals surface area contributed by atoms with Gasteiger partial charge >= 0.3 is 6.03 Å². The Hall–Kier alpha value is -2.95. The van der Waals surface area contributed by atoms with E-state index in [0.717, 1.165) is 28.2 Å². The molecular formula is C20H22N2O3. The first-order chi connectivity index (χ1) is 11.9. The van der Waals surface area contributed by atoms with Crippen molar-refractivity contribution in [3.63, 3.8) is 0 Å². The van der Waals surface area contributed by atoms with Crippen LogP contribution in [0.5, 0.6) is 11.5 Å². The highest BCUT2D eigenvalue weighted by atomic mass is 16.5. The summed E-state index contributed by atoms with van der Waals surface area (Å²) in [7, 11) is 3.40. The number of nitrogens with one attached hydrogen (secondary N) is 1. The number of ether oxygens (including phenoxy) is 1. The van der Waals surface area contributed by atoms with Crippen LogP contribution < -0.4 is 10.1 Å². The highest BCUT2D eigenvalue weighted by Crippen LogP contribution is 2.30. The molecule has 0 aliphatic heterocycles. The Morgan fingerprint density at radius 2 is 1.72 bits per heavy atom. The SMILES string of the molecule is CC(C)c1cc2cc(Oc3ccc(NC(=O)N(C)C)cc3)ccc2o1. The predicted molar refractivity (Wildman–Crippen MR) is 99.5 cm³/mol. The third-order valence-electron chi connectivity index (χ3n) is 3.82. The van der Waals surface area contributed by atoms with E-state index in [0.29, 0.717) is 11.7 Å². The second-order valence-corrected chi connectivity index (χ2v) is 6.45. The Labute approximate surface area is 147 Å². The number of hydrogen-bond acceptors (Lipinski definition) is 3. The second-order valence-electron chi connectivity index (χ2n) is 6.45. The van der Waals surface area contributed by atoms with Crippen LogP contribution >= 0.6 is 0 Å². The fraction of sp³-hybridized carbons (Fsp3) is 0.250. The molecule has 2 amide bonds. The quantitative estimate of drug-likeness (QED) is 0.689. The van der Waals surface area contributed by atoms with Crippen LogP contribution in [0.4, 0.5) is 10.5 Å². The molecule has 2 aromatic carbocycles. The molecular weight excluding hydrogens is 316 g/mol. The van der Waals surface area contributed by atoms with Gasteiger partial charge in [-0.2, -0.15) is 0 Å². The minimum absolute atomic E-state index is 0.167. The number of carbonyl (C=O) groups excluding carboxylic acids is 1. The minimum atomic E-state index is -0.167. The van der Waals surface area contributed by atoms with Crippen molar-refractivity contribution >= 4 is 22.7 Å². The maximum atomic E-state index is 11.6. The number of urea groups is 1. The summed E-state index contributed by atoms with van der Waals surface area (Å²) in [6, 6.07) is 14.9. The molecule has 3 aromatic rings. The molecule has 1 aromatic heterocycles. The van der Waals surface area contributed by atoms with Crippen molar-refractivity contribution in [3.05, 3.63) is 54.3 Å². The van der Waals surface area contributed by atoms with E-state index in [1.807, 2.05) is 48.5 Å². The van der Waals surface area contributed by atoms with E-state index in [1.165, 1.54) is 4.90 Å². The van der Waals surface area contributed by atoms with Crippen LogP contribution in [0.25, 0.3) is 11.0 Å². The summed E-state index contributed by atoms with van der Waals surface area (Å²) in [5.74, 6) is 2.76. The van der Waals surface area contributed by atoms with Gasteiger partial charge < -0.3 is 19.4 Å². The van der Waals surface area contributed by atoms with Crippen molar-refractivity contribution < 1.29 is 13.9 Å². The standard InChI is InChI=1S/C20H22N2O3/c1-13(2)19-12-14-11-17(9-10-18(14)25-19)24-16-7-5-15(6-8-16)21-20(23)22(3)4/h5-13H,1-4H3,(H,21,23). The summed E-state index contributed by atoms with van der Waals surface area (Å²) in [6.07, 6.45) is 0. The number of hydrogen-bond donors (Lipinski definition) is 1. The highest BCUT2D eigenvalue weighted by Gasteiger charge is 2.09. The average molecular weight is 338 g/mol. The van der Waals surface area contributed by atoms with Gasteiger partial charge in [0.25, 0.3) is 0 Å². The lowest BCUT2D eigenvalue weighted by molar-refractivity contribution is 0.230. The molecule has 25 heavy (non-hydrogen) atoms. The predicted octanol–water partition coefficient (Wildman–Crippen LogP) is 5.44. The van der Waals surface area contributed by atoms with Crippen LogP contribution in [0.2, 0.25) is 0 Å². The Morgan fingerprint density at radius 1 is 1.04 bits per heavy atom. The zero-order chi connectivity index (χ0) is 18.0. The topological polar surface area (TPSA) is 54.7 Å². The van der Waals surface area contributed by atoms with Crippen LogP contribution in [0.15, 0.2) is 52.9 Å². The number of furan rings is 1. The molecule has 1 heterocycles. The lowest BCUT2D eigenvalue weighted by atomic mass is 10.1. The molecule has 0 radical (unpaired) electrons. The maximum absolute atomic E-state index is 11.6. The van der Waals surface area contributed by atoms with Crippen molar-refractivity contribution in [2.45, 2.75) is 19.8 Å². The van der Waals surface area contributed by atoms with Gasteiger partial charge in [0.15, 0.2) is 0 Å². The van der Waals surface area contributed by atoms with E-state index in [9.17, 15) is 4.79 Å². The van der Waals surface area contributed by atoms with Gasteiger partial charge in [-0.3, -0.25) is 0 Å². The van der Waals surface area contributed by atoms with Crippen LogP contribution in [-0.4, -0.2) is 25.0 Å². The molecule has 0 aliphatic rings. The third-order valence-corrected chi connectivity index (χ3v) is 3.82. The van der Waals surface area contributed by atoms with Gasteiger partial charge in [-0.05, 0) is 48.5 Å². The van der Waals surface area contributed by atoms with Gasteiger partial charge in [-0.25, -0.2) is 4.79 Å². The van der Waals surface area contributed by atoms with Crippen LogP contribution in [-0.2, 0) is 0 Å². The Balaban J connectivity index is 1.73. The summed E-state index contributed by atoms with van der Waals surface area (Å²) < 4.78 is 11.7. The third kappa shape index (κ3) is 3.94. The molecule has 0 atom stereocenters. The average Bonchev–Trinajstić information content (AvgIpc) is 3.00. The van der Waals surface area contributed by atoms with Gasteiger partial charge in [0, 0.05) is 31.1 Å². The molecule has 130 valence electrons. The largest absolute Gasteiger partial charge is 0.461 e. The fourth-order valence-corrected chi connectivity index (χ4v) is 2.37. The number of amides is 2. The van der Waals surface area contributed by atoms with E-state index in [2.05, 4.69) is 19.2 Å². The lowest BCUT2D eigenvalue weighted by Gasteiger charge is -2.12. The Bertz CT molecular complexity index is 880. The number of anilines is 1. The molecule has 0 fully saturated rings. The zero-order valence-corrected chi connectivity index (χ0v) is 14.9. The normalized spacial score (nSPS) is 10.9. The van der Waals surface area contributed by atoms with Crippen LogP contribution in [0.3, 0.4) is 0 Å². The fourth-order valence-electron chi connectivity index (χ4n) is 2.37. The van der Waals surface area contributed by atoms with E-state index < -0.39 is 0 Å². The molecule has 1 N–H and O–H groups in total. The van der Waals surface area contributed by atoms with Crippen LogP contribution in [0.1, 0.15) is 25.5 Å². The minimum Gasteiger partial charge on any atom is -0.461 e. The van der Waals surface area contributed by atoms with E-state index in [-0.39, 0.29) is 6.03 Å². The van der Waals surface area contributed by atoms with Crippen molar-refractivity contribution in [1.29, 1.82) is 0 Å². The summed E-state index contributed by atoms with van der Waals surface area (Å²) in [5, 5.41) is 3.81. The van der Waals surface area contributed by atoms with Gasteiger partial charge in [0.2, 0.25) is 0 Å². The Kier molecular flexibility index (Phi) is 4.65. The number of rotatable bonds is 4. The first kappa shape index (κ1) is 16.9. The highest BCUT2D eigenvalue weighted by molar-refractivity contribution is 5.89. The summed E-state index contributed by atoms with van der Waals surface area (Å²) in [6.45, 7) is 4.21. The maximum Gasteiger partial charge on any atom is 0.321 e. The molecule has 0 saturated carbocycles. The smallest absolute Gasteiger partial charge is 0.321 e. The second kappa shape index (κ2) is 6.89. The molecule has 5 heteroatoms. The molecule has 0 aliphatic carbocycles. The number of fused-ring (bicyclic) bond motifs is 1. The van der Waals surface area contributed by atoms with Crippen molar-refractivity contribution in [2.24, 2.45) is 0 Å². The summed E-state index contributed by atoms with van der Waals surface area (Å²) >= 11 is 0. The Morgan fingerprint density at radius 3 is 2.36 bits per heavy atom. The van der Waals surface area contributed by atoms with Gasteiger partial charge in [0.05, 0.1) is 0 Å². The first-order valence-electron chi connectivity index (χ1n) is 8.22. The molecule has 0 unspecified atom stereocenters. The zero-order valence-electron chi connectivity index (χ0n) is 14.9. The molecule has 5 nitrogen and oxygen atoms in total. The molecule has 3 rings (SSSR count). The summed E-state index contributed by atoms with van der Waals surface area (Å²) in [4.78, 5) is 13.1.